The maximum Gasteiger partial charge on any atom is 0.426 e. The molecule has 0 N–H and O–H groups in total. The van der Waals surface area contributed by atoms with Crippen molar-refractivity contribution in [2.45, 2.75) is 96.2 Å². The summed E-state index contributed by atoms with van der Waals surface area (Å²) in [5.74, 6) is 2.87. The van der Waals surface area contributed by atoms with Crippen LogP contribution in [0.1, 0.15) is 94.6 Å². The minimum absolute atomic E-state index is 0.112. The Labute approximate surface area is 212 Å². The van der Waals surface area contributed by atoms with Crippen molar-refractivity contribution in [1.29, 1.82) is 0 Å². The zero-order valence-corrected chi connectivity index (χ0v) is 21.1. The van der Waals surface area contributed by atoms with Crippen molar-refractivity contribution in [3.8, 4) is 11.5 Å². The van der Waals surface area contributed by atoms with Gasteiger partial charge in [0.2, 0.25) is 0 Å². The number of halogens is 4. The maximum atomic E-state index is 14.7. The van der Waals surface area contributed by atoms with E-state index in [1.807, 2.05) is 0 Å². The van der Waals surface area contributed by atoms with Crippen LogP contribution in [0.25, 0.3) is 0 Å². The molecule has 2 aliphatic carbocycles. The van der Waals surface area contributed by atoms with E-state index in [0.29, 0.717) is 5.92 Å². The smallest absolute Gasteiger partial charge is 0.426 e. The average Bonchev–Trinajstić information content (AvgIpc) is 2.89. The molecule has 2 aromatic carbocycles. The van der Waals surface area contributed by atoms with Crippen LogP contribution in [0.5, 0.6) is 11.5 Å². The van der Waals surface area contributed by atoms with Crippen LogP contribution < -0.4 is 9.47 Å². The van der Waals surface area contributed by atoms with Gasteiger partial charge in [-0.3, -0.25) is 0 Å². The molecule has 0 saturated heterocycles. The average molecular weight is 507 g/mol. The van der Waals surface area contributed by atoms with Crippen LogP contribution in [-0.2, 0) is 6.11 Å². The monoisotopic (exact) mass is 506 g/mol. The Balaban J connectivity index is 1.23. The minimum atomic E-state index is -3.53. The summed E-state index contributed by atoms with van der Waals surface area (Å²) >= 11 is 0. The number of ether oxygens (including phenoxy) is 2. The molecule has 198 valence electrons. The summed E-state index contributed by atoms with van der Waals surface area (Å²) < 4.78 is 63.0. The van der Waals surface area contributed by atoms with Gasteiger partial charge in [-0.2, -0.15) is 17.6 Å². The highest BCUT2D eigenvalue weighted by Crippen LogP contribution is 2.41. The van der Waals surface area contributed by atoms with Gasteiger partial charge in [0.15, 0.2) is 0 Å². The Kier molecular flexibility index (Phi) is 9.19. The first-order valence-corrected chi connectivity index (χ1v) is 13.5. The summed E-state index contributed by atoms with van der Waals surface area (Å²) in [5.41, 5.74) is 0.880. The van der Waals surface area contributed by atoms with Gasteiger partial charge < -0.3 is 9.47 Å². The topological polar surface area (TPSA) is 18.5 Å². The Morgan fingerprint density at radius 1 is 0.722 bits per heavy atom. The molecule has 0 radical (unpaired) electrons. The largest absolute Gasteiger partial charge is 0.435 e. The SMILES string of the molecule is CCC1CCC(CCC2CCC(c3ccc(C(F)(F)Oc4ccc(OC(F)F)cc4)cc3)CC2)CC1. The molecule has 2 aromatic rings. The van der Waals surface area contributed by atoms with Gasteiger partial charge in [0, 0.05) is 0 Å². The molecule has 0 amide bonds. The quantitative estimate of drug-likeness (QED) is 0.299. The number of hydrogen-bond acceptors (Lipinski definition) is 2. The van der Waals surface area contributed by atoms with Crippen LogP contribution in [0, 0.1) is 17.8 Å². The Morgan fingerprint density at radius 3 is 1.75 bits per heavy atom. The fraction of sp³-hybridized carbons (Fsp3) is 0.600. The third-order valence-corrected chi connectivity index (χ3v) is 8.39. The van der Waals surface area contributed by atoms with Crippen molar-refractivity contribution >= 4 is 0 Å². The summed E-state index contributed by atoms with van der Waals surface area (Å²) in [6.45, 7) is -0.656. The van der Waals surface area contributed by atoms with Crippen molar-refractivity contribution in [1.82, 2.24) is 0 Å². The van der Waals surface area contributed by atoms with Crippen LogP contribution in [0.15, 0.2) is 48.5 Å². The third kappa shape index (κ3) is 7.39. The standard InChI is InChI=1S/C30H38F4O2/c1-2-21-3-5-22(6-4-21)7-8-23-9-11-24(12-10-23)25-13-15-26(16-14-25)30(33,34)36-28-19-17-27(18-20-28)35-29(31)32/h13-24,29H,2-12H2,1H3. The van der Waals surface area contributed by atoms with Gasteiger partial charge in [-0.15, -0.1) is 0 Å². The van der Waals surface area contributed by atoms with Gasteiger partial charge in [0.1, 0.15) is 11.5 Å². The van der Waals surface area contributed by atoms with E-state index in [1.54, 1.807) is 12.1 Å². The first-order chi connectivity index (χ1) is 17.3. The molecular weight excluding hydrogens is 468 g/mol. The third-order valence-electron chi connectivity index (χ3n) is 8.39. The van der Waals surface area contributed by atoms with E-state index in [2.05, 4.69) is 11.7 Å². The lowest BCUT2D eigenvalue weighted by Gasteiger charge is -2.32. The van der Waals surface area contributed by atoms with E-state index < -0.39 is 12.7 Å². The highest BCUT2D eigenvalue weighted by molar-refractivity contribution is 5.33. The zero-order valence-electron chi connectivity index (χ0n) is 21.1. The fourth-order valence-electron chi connectivity index (χ4n) is 6.03. The Morgan fingerprint density at radius 2 is 1.22 bits per heavy atom. The molecule has 2 nitrogen and oxygen atoms in total. The van der Waals surface area contributed by atoms with E-state index in [9.17, 15) is 17.6 Å². The van der Waals surface area contributed by atoms with E-state index >= 15 is 0 Å². The Bertz CT molecular complexity index is 913. The first kappa shape index (κ1) is 26.8. The second kappa shape index (κ2) is 12.3. The first-order valence-electron chi connectivity index (χ1n) is 13.5. The van der Waals surface area contributed by atoms with Crippen LogP contribution in [0.2, 0.25) is 0 Å². The number of alkyl halides is 4. The van der Waals surface area contributed by atoms with Crippen molar-refractivity contribution in [2.75, 3.05) is 0 Å². The lowest BCUT2D eigenvalue weighted by atomic mass is 9.74. The summed E-state index contributed by atoms with van der Waals surface area (Å²) in [5, 5.41) is 0. The molecule has 6 heteroatoms. The predicted molar refractivity (Wildman–Crippen MR) is 134 cm³/mol. The van der Waals surface area contributed by atoms with Crippen molar-refractivity contribution in [3.05, 3.63) is 59.7 Å². The van der Waals surface area contributed by atoms with E-state index in [4.69, 9.17) is 4.74 Å². The summed E-state index contributed by atoms with van der Waals surface area (Å²) in [7, 11) is 0. The zero-order chi connectivity index (χ0) is 25.5. The van der Waals surface area contributed by atoms with Gasteiger partial charge in [-0.05, 0) is 91.3 Å². The molecule has 2 saturated carbocycles. The fourth-order valence-corrected chi connectivity index (χ4v) is 6.03. The molecule has 2 aliphatic rings. The molecule has 36 heavy (non-hydrogen) atoms. The van der Waals surface area contributed by atoms with Crippen LogP contribution in [0.4, 0.5) is 17.6 Å². The molecule has 0 unspecified atom stereocenters. The normalized spacial score (nSPS) is 25.1. The molecule has 0 aliphatic heterocycles. The summed E-state index contributed by atoms with van der Waals surface area (Å²) in [6.07, 6.45) is 10.8. The maximum absolute atomic E-state index is 14.7. The molecule has 0 aromatic heterocycles. The predicted octanol–water partition coefficient (Wildman–Crippen LogP) is 9.69. The van der Waals surface area contributed by atoms with Gasteiger partial charge in [0.05, 0.1) is 5.56 Å². The molecule has 2 fully saturated rings. The van der Waals surface area contributed by atoms with Gasteiger partial charge in [0.25, 0.3) is 0 Å². The van der Waals surface area contributed by atoms with Crippen LogP contribution in [0.3, 0.4) is 0 Å². The Hall–Kier alpha value is -2.24. The number of rotatable bonds is 10. The van der Waals surface area contributed by atoms with E-state index in [-0.39, 0.29) is 17.1 Å². The van der Waals surface area contributed by atoms with Crippen molar-refractivity contribution < 1.29 is 27.0 Å². The second-order valence-electron chi connectivity index (χ2n) is 10.7. The van der Waals surface area contributed by atoms with Crippen molar-refractivity contribution in [3.63, 3.8) is 0 Å². The van der Waals surface area contributed by atoms with Crippen LogP contribution in [-0.4, -0.2) is 6.61 Å². The van der Waals surface area contributed by atoms with E-state index in [0.717, 1.165) is 36.2 Å². The second-order valence-corrected chi connectivity index (χ2v) is 10.7. The van der Waals surface area contributed by atoms with Crippen LogP contribution >= 0.6 is 0 Å². The van der Waals surface area contributed by atoms with Gasteiger partial charge in [-0.25, -0.2) is 0 Å². The highest BCUT2D eigenvalue weighted by Gasteiger charge is 2.35. The number of hydrogen-bond donors (Lipinski definition) is 0. The van der Waals surface area contributed by atoms with Gasteiger partial charge in [-0.1, -0.05) is 64.0 Å². The van der Waals surface area contributed by atoms with Crippen molar-refractivity contribution in [2.24, 2.45) is 17.8 Å². The minimum Gasteiger partial charge on any atom is -0.435 e. The lowest BCUT2D eigenvalue weighted by Crippen LogP contribution is -2.22. The summed E-state index contributed by atoms with van der Waals surface area (Å²) in [6, 6.07) is 11.2. The molecule has 4 rings (SSSR count). The molecule has 0 spiro atoms. The molecule has 0 atom stereocenters. The summed E-state index contributed by atoms with van der Waals surface area (Å²) in [4.78, 5) is 0. The van der Waals surface area contributed by atoms with E-state index in [1.165, 1.54) is 94.2 Å². The molecule has 0 heterocycles. The highest BCUT2D eigenvalue weighted by atomic mass is 19.3. The van der Waals surface area contributed by atoms with Gasteiger partial charge >= 0.3 is 12.7 Å². The number of benzene rings is 2. The molecule has 0 bridgehead atoms. The lowest BCUT2D eigenvalue weighted by molar-refractivity contribution is -0.185. The molecular formula is C30H38F4O2.